The summed E-state index contributed by atoms with van der Waals surface area (Å²) in [5.74, 6) is 0.933. The molecule has 0 atom stereocenters. The molecule has 2 rings (SSSR count). The first-order valence-electron chi connectivity index (χ1n) is 3.34. The van der Waals surface area contributed by atoms with Gasteiger partial charge in [-0.25, -0.2) is 4.98 Å². The number of anilines is 1. The summed E-state index contributed by atoms with van der Waals surface area (Å²) in [5.41, 5.74) is 1.25. The van der Waals surface area contributed by atoms with Gasteiger partial charge in [0.15, 0.2) is 0 Å². The maximum absolute atomic E-state index is 5.62. The Labute approximate surface area is 60.5 Å². The number of hydrogen-bond donors (Lipinski definition) is 0. The molecule has 0 aromatic carbocycles. The molecule has 1 aromatic rings. The number of aromatic nitrogens is 1. The number of hydrogen-bond acceptors (Lipinski definition) is 2. The quantitative estimate of drug-likeness (QED) is 0.525. The van der Waals surface area contributed by atoms with Crippen LogP contribution in [0.25, 0.3) is 0 Å². The van der Waals surface area contributed by atoms with Gasteiger partial charge in [-0.3, -0.25) is 0 Å². The zero-order chi connectivity index (χ0) is 6.97. The smallest absolute Gasteiger partial charge is 0.132 e. The van der Waals surface area contributed by atoms with Gasteiger partial charge in [0, 0.05) is 12.7 Å². The maximum atomic E-state index is 5.62. The van der Waals surface area contributed by atoms with Crippen LogP contribution < -0.4 is 4.90 Å². The van der Waals surface area contributed by atoms with Gasteiger partial charge in [-0.2, -0.15) is 0 Å². The molecule has 0 saturated carbocycles. The largest absolute Gasteiger partial charge is 0.349 e. The molecule has 0 bridgehead atoms. The fourth-order valence-corrected chi connectivity index (χ4v) is 1.23. The molecule has 0 fully saturated rings. The minimum Gasteiger partial charge on any atom is -0.349 e. The minimum atomic E-state index is 0.895. The zero-order valence-corrected chi connectivity index (χ0v) is 5.62. The summed E-state index contributed by atoms with van der Waals surface area (Å²) in [5, 5.41) is 0. The standard InChI is InChI=1S/C8H8N2/c1-10-6-4-7-3-2-5-9-8(7)10/h1-3,5H,4,6H2. The second kappa shape index (κ2) is 1.97. The summed E-state index contributed by atoms with van der Waals surface area (Å²) in [4.78, 5) is 5.83. The molecule has 2 nitrogen and oxygen atoms in total. The second-order valence-electron chi connectivity index (χ2n) is 2.43. The molecule has 1 aromatic heterocycles. The normalized spacial score (nSPS) is 15.5. The van der Waals surface area contributed by atoms with Crippen LogP contribution in [0.15, 0.2) is 18.3 Å². The van der Waals surface area contributed by atoms with E-state index in [-0.39, 0.29) is 0 Å². The first kappa shape index (κ1) is 5.71. The van der Waals surface area contributed by atoms with Crippen molar-refractivity contribution < 1.29 is 0 Å². The lowest BCUT2D eigenvalue weighted by Crippen LogP contribution is -2.10. The van der Waals surface area contributed by atoms with Gasteiger partial charge in [-0.1, -0.05) is 6.07 Å². The maximum Gasteiger partial charge on any atom is 0.132 e. The van der Waals surface area contributed by atoms with Crippen LogP contribution in [0.3, 0.4) is 0 Å². The Balaban J connectivity index is 2.51. The Bertz CT molecular complexity index is 245. The van der Waals surface area contributed by atoms with E-state index in [1.54, 1.807) is 11.1 Å². The highest BCUT2D eigenvalue weighted by molar-refractivity contribution is 5.51. The number of rotatable bonds is 0. The van der Waals surface area contributed by atoms with E-state index >= 15 is 0 Å². The summed E-state index contributed by atoms with van der Waals surface area (Å²) in [6.45, 7) is 0.895. The first-order chi connectivity index (χ1) is 4.88. The van der Waals surface area contributed by atoms with E-state index in [4.69, 9.17) is 7.05 Å². The molecule has 0 aliphatic carbocycles. The van der Waals surface area contributed by atoms with Gasteiger partial charge in [0.1, 0.15) is 5.82 Å². The summed E-state index contributed by atoms with van der Waals surface area (Å²) in [6.07, 6.45) is 2.80. The van der Waals surface area contributed by atoms with Gasteiger partial charge in [0.25, 0.3) is 0 Å². The highest BCUT2D eigenvalue weighted by Crippen LogP contribution is 2.22. The molecule has 0 unspecified atom stereocenters. The molecule has 1 aliphatic rings. The monoisotopic (exact) mass is 132 g/mol. The molecule has 2 heteroatoms. The topological polar surface area (TPSA) is 16.1 Å². The van der Waals surface area contributed by atoms with E-state index in [0.717, 1.165) is 18.8 Å². The van der Waals surface area contributed by atoms with Crippen molar-refractivity contribution in [1.29, 1.82) is 0 Å². The van der Waals surface area contributed by atoms with Gasteiger partial charge in [-0.15, -0.1) is 0 Å². The van der Waals surface area contributed by atoms with E-state index in [0.29, 0.717) is 0 Å². The third-order valence-electron chi connectivity index (χ3n) is 1.76. The first-order valence-corrected chi connectivity index (χ1v) is 3.34. The number of pyridine rings is 1. The lowest BCUT2D eigenvalue weighted by molar-refractivity contribution is 0.982. The zero-order valence-electron chi connectivity index (χ0n) is 5.62. The predicted octanol–water partition coefficient (Wildman–Crippen LogP) is 1.11. The van der Waals surface area contributed by atoms with Gasteiger partial charge >= 0.3 is 0 Å². The Morgan fingerprint density at radius 1 is 1.60 bits per heavy atom. The molecule has 0 amide bonds. The number of nitrogens with zero attached hydrogens (tertiary/aromatic N) is 2. The van der Waals surface area contributed by atoms with Crippen molar-refractivity contribution in [1.82, 2.24) is 4.98 Å². The molecule has 0 N–H and O–H groups in total. The van der Waals surface area contributed by atoms with Gasteiger partial charge < -0.3 is 4.90 Å². The lowest BCUT2D eigenvalue weighted by Gasteiger charge is -2.07. The molecule has 1 aliphatic heterocycles. The van der Waals surface area contributed by atoms with E-state index in [1.807, 2.05) is 6.07 Å². The van der Waals surface area contributed by atoms with Gasteiger partial charge in [0.2, 0.25) is 0 Å². The summed E-state index contributed by atoms with van der Waals surface area (Å²) < 4.78 is 0. The minimum absolute atomic E-state index is 0.895. The van der Waals surface area contributed by atoms with Crippen molar-refractivity contribution in [2.24, 2.45) is 0 Å². The molecule has 2 radical (unpaired) electrons. The average molecular weight is 132 g/mol. The molecule has 0 saturated heterocycles. The van der Waals surface area contributed by atoms with E-state index in [9.17, 15) is 0 Å². The van der Waals surface area contributed by atoms with E-state index in [1.165, 1.54) is 5.56 Å². The Hall–Kier alpha value is -1.05. The van der Waals surface area contributed by atoms with E-state index in [2.05, 4.69) is 11.1 Å². The van der Waals surface area contributed by atoms with Crippen molar-refractivity contribution in [3.8, 4) is 0 Å². The van der Waals surface area contributed by atoms with E-state index < -0.39 is 0 Å². The van der Waals surface area contributed by atoms with Crippen LogP contribution in [0.1, 0.15) is 5.56 Å². The number of fused-ring (bicyclic) bond motifs is 1. The predicted molar refractivity (Wildman–Crippen MR) is 39.6 cm³/mol. The van der Waals surface area contributed by atoms with Gasteiger partial charge in [0.05, 0.1) is 7.05 Å². The highest BCUT2D eigenvalue weighted by Gasteiger charge is 2.15. The molecule has 2 heterocycles. The van der Waals surface area contributed by atoms with Crippen molar-refractivity contribution in [3.63, 3.8) is 0 Å². The second-order valence-corrected chi connectivity index (χ2v) is 2.43. The van der Waals surface area contributed by atoms with Crippen molar-refractivity contribution in [3.05, 3.63) is 30.9 Å². The summed E-state index contributed by atoms with van der Waals surface area (Å²) in [6, 6.07) is 4.01. The van der Waals surface area contributed by atoms with Crippen LogP contribution in [0.2, 0.25) is 0 Å². The van der Waals surface area contributed by atoms with Crippen LogP contribution >= 0.6 is 0 Å². The van der Waals surface area contributed by atoms with Crippen molar-refractivity contribution in [2.45, 2.75) is 6.42 Å². The van der Waals surface area contributed by atoms with Crippen molar-refractivity contribution >= 4 is 5.82 Å². The fourth-order valence-electron chi connectivity index (χ4n) is 1.23. The molecular weight excluding hydrogens is 124 g/mol. The van der Waals surface area contributed by atoms with Crippen LogP contribution in [-0.2, 0) is 6.42 Å². The molecular formula is C8H8N2. The molecule has 10 heavy (non-hydrogen) atoms. The molecule has 50 valence electrons. The fraction of sp³-hybridized carbons (Fsp3) is 0.250. The molecule has 0 spiro atoms. The third-order valence-corrected chi connectivity index (χ3v) is 1.76. The summed E-state index contributed by atoms with van der Waals surface area (Å²) in [7, 11) is 5.62. The van der Waals surface area contributed by atoms with Gasteiger partial charge in [-0.05, 0) is 18.1 Å². The Morgan fingerprint density at radius 2 is 2.50 bits per heavy atom. The van der Waals surface area contributed by atoms with Crippen LogP contribution in [-0.4, -0.2) is 11.5 Å². The van der Waals surface area contributed by atoms with Crippen LogP contribution in [0.5, 0.6) is 0 Å². The third kappa shape index (κ3) is 0.685. The van der Waals surface area contributed by atoms with Crippen molar-refractivity contribution in [2.75, 3.05) is 11.4 Å². The lowest BCUT2D eigenvalue weighted by atomic mass is 10.2. The van der Waals surface area contributed by atoms with Crippen LogP contribution in [0, 0.1) is 7.05 Å². The Morgan fingerprint density at radius 3 is 3.30 bits per heavy atom. The average Bonchev–Trinajstić information content (AvgIpc) is 2.34. The highest BCUT2D eigenvalue weighted by atomic mass is 15.2. The Kier molecular flexibility index (Phi) is 1.13. The summed E-state index contributed by atoms with van der Waals surface area (Å²) >= 11 is 0. The van der Waals surface area contributed by atoms with Crippen LogP contribution in [0.4, 0.5) is 5.82 Å². The SMILES string of the molecule is [CH]N1CCc2cccnc21.